The van der Waals surface area contributed by atoms with Crippen LogP contribution in [0.25, 0.3) is 0 Å². The lowest BCUT2D eigenvalue weighted by Crippen LogP contribution is -2.60. The maximum absolute atomic E-state index is 14.4. The van der Waals surface area contributed by atoms with Crippen LogP contribution in [0.2, 0.25) is 0 Å². The summed E-state index contributed by atoms with van der Waals surface area (Å²) in [6.45, 7) is 3.91. The largest absolute Gasteiger partial charge is 0.371 e. The average molecular weight is 495 g/mol. The van der Waals surface area contributed by atoms with Crippen molar-refractivity contribution in [2.24, 2.45) is 0 Å². The molecule has 190 valence electrons. The van der Waals surface area contributed by atoms with Gasteiger partial charge in [0.05, 0.1) is 37.1 Å². The summed E-state index contributed by atoms with van der Waals surface area (Å²) in [5, 5.41) is 12.1. The van der Waals surface area contributed by atoms with Crippen molar-refractivity contribution < 1.29 is 28.1 Å². The Morgan fingerprint density at radius 3 is 2.56 bits per heavy atom. The van der Waals surface area contributed by atoms with E-state index in [4.69, 9.17) is 24.2 Å². The number of fused-ring (bicyclic) bond motifs is 1. The molecule has 4 atom stereocenters. The van der Waals surface area contributed by atoms with Gasteiger partial charge in [0.25, 0.3) is 5.91 Å². The molecule has 2 aliphatic carbocycles. The number of hydrogen-bond donors (Lipinski definition) is 1. The molecule has 0 aromatic heterocycles. The number of halogens is 1. The van der Waals surface area contributed by atoms with Crippen molar-refractivity contribution in [3.8, 4) is 6.07 Å². The Morgan fingerprint density at radius 2 is 1.86 bits per heavy atom. The predicted molar refractivity (Wildman–Crippen MR) is 128 cm³/mol. The highest BCUT2D eigenvalue weighted by Crippen LogP contribution is 2.44. The number of rotatable bonds is 8. The summed E-state index contributed by atoms with van der Waals surface area (Å²) in [4.78, 5) is 13.6. The van der Waals surface area contributed by atoms with Crippen LogP contribution in [0.5, 0.6) is 0 Å². The molecule has 1 heterocycles. The van der Waals surface area contributed by atoms with Crippen molar-refractivity contribution in [2.75, 3.05) is 0 Å². The normalized spacial score (nSPS) is 28.8. The van der Waals surface area contributed by atoms with Gasteiger partial charge in [-0.1, -0.05) is 30.3 Å². The zero-order valence-electron chi connectivity index (χ0n) is 20.5. The van der Waals surface area contributed by atoms with E-state index in [-0.39, 0.29) is 49.9 Å². The summed E-state index contributed by atoms with van der Waals surface area (Å²) in [7, 11) is 0. The van der Waals surface area contributed by atoms with Gasteiger partial charge in [0.2, 0.25) is 0 Å². The Hall–Kier alpha value is -2.83. The Morgan fingerprint density at radius 1 is 1.11 bits per heavy atom. The Labute approximate surface area is 210 Å². The van der Waals surface area contributed by atoms with E-state index in [2.05, 4.69) is 11.4 Å². The highest BCUT2D eigenvalue weighted by Gasteiger charge is 2.58. The third-order valence-corrected chi connectivity index (χ3v) is 6.99. The number of carbonyl (C=O) groups is 1. The topological polar surface area (TPSA) is 89.8 Å². The van der Waals surface area contributed by atoms with E-state index in [0.29, 0.717) is 11.1 Å². The van der Waals surface area contributed by atoms with E-state index in [1.54, 1.807) is 30.3 Å². The van der Waals surface area contributed by atoms with Crippen molar-refractivity contribution in [3.63, 3.8) is 0 Å². The third-order valence-electron chi connectivity index (χ3n) is 6.99. The molecule has 5 rings (SSSR count). The van der Waals surface area contributed by atoms with Gasteiger partial charge in [-0.3, -0.25) is 4.79 Å². The highest BCUT2D eigenvalue weighted by atomic mass is 19.1. The lowest BCUT2D eigenvalue weighted by Gasteiger charge is -2.43. The number of ether oxygens (including phenoxy) is 4. The van der Waals surface area contributed by atoms with E-state index >= 15 is 0 Å². The van der Waals surface area contributed by atoms with Gasteiger partial charge in [-0.25, -0.2) is 4.39 Å². The minimum atomic E-state index is -1.26. The first-order valence-corrected chi connectivity index (χ1v) is 12.4. The lowest BCUT2D eigenvalue weighted by molar-refractivity contribution is -0.183. The fourth-order valence-corrected chi connectivity index (χ4v) is 4.96. The summed E-state index contributed by atoms with van der Waals surface area (Å²) in [5.41, 5.74) is 0.598. The van der Waals surface area contributed by atoms with Gasteiger partial charge >= 0.3 is 0 Å². The van der Waals surface area contributed by atoms with Gasteiger partial charge < -0.3 is 24.3 Å². The van der Waals surface area contributed by atoms with E-state index < -0.39 is 23.6 Å². The smallest absolute Gasteiger partial charge is 0.252 e. The standard InChI is InChI=1S/C28H31FN2O5/c1-27(2)35-24-14-28(26(32)31-21-11-12-21,34-17-20-5-3-4-6-22(20)29)13-23(25(24)36-27)33-16-19-9-7-18(15-30)8-10-19/h3-10,21,23-25H,11-14,16-17H2,1-2H3,(H,31,32)/t23?,24-,25+,28-/m1/s1. The number of nitriles is 1. The second-order valence-corrected chi connectivity index (χ2v) is 10.3. The average Bonchev–Trinajstić information content (AvgIpc) is 3.62. The number of benzene rings is 2. The van der Waals surface area contributed by atoms with Crippen LogP contribution in [0.3, 0.4) is 0 Å². The molecule has 0 spiro atoms. The minimum absolute atomic E-state index is 0.0469. The molecule has 3 fully saturated rings. The van der Waals surface area contributed by atoms with Crippen LogP contribution in [0.1, 0.15) is 56.2 Å². The van der Waals surface area contributed by atoms with Crippen LogP contribution >= 0.6 is 0 Å². The summed E-state index contributed by atoms with van der Waals surface area (Å²) < 4.78 is 39.4. The Kier molecular flexibility index (Phi) is 6.84. The maximum Gasteiger partial charge on any atom is 0.252 e. The van der Waals surface area contributed by atoms with E-state index in [0.717, 1.165) is 18.4 Å². The Balaban J connectivity index is 1.40. The van der Waals surface area contributed by atoms with E-state index in [1.807, 2.05) is 26.0 Å². The predicted octanol–water partition coefficient (Wildman–Crippen LogP) is 4.13. The first kappa shape index (κ1) is 24.8. The molecule has 1 amide bonds. The first-order chi connectivity index (χ1) is 17.3. The first-order valence-electron chi connectivity index (χ1n) is 12.4. The summed E-state index contributed by atoms with van der Waals surface area (Å²) in [6, 6.07) is 15.8. The summed E-state index contributed by atoms with van der Waals surface area (Å²) in [5.74, 6) is -1.43. The summed E-state index contributed by atoms with van der Waals surface area (Å²) in [6.07, 6.45) is 1.11. The molecule has 1 aliphatic heterocycles. The van der Waals surface area contributed by atoms with Crippen molar-refractivity contribution in [1.29, 1.82) is 5.26 Å². The van der Waals surface area contributed by atoms with Crippen molar-refractivity contribution >= 4 is 5.91 Å². The molecule has 0 radical (unpaired) electrons. The molecule has 2 aromatic carbocycles. The van der Waals surface area contributed by atoms with Gasteiger partial charge in [-0.2, -0.15) is 5.26 Å². The molecule has 1 N–H and O–H groups in total. The van der Waals surface area contributed by atoms with Crippen molar-refractivity contribution in [3.05, 3.63) is 71.0 Å². The van der Waals surface area contributed by atoms with Gasteiger partial charge in [-0.15, -0.1) is 0 Å². The molecule has 8 heteroatoms. The molecular formula is C28H31FN2O5. The van der Waals surface area contributed by atoms with Gasteiger partial charge in [0, 0.05) is 24.4 Å². The number of amides is 1. The molecule has 1 saturated heterocycles. The van der Waals surface area contributed by atoms with Gasteiger partial charge in [0.15, 0.2) is 11.4 Å². The van der Waals surface area contributed by atoms with Crippen molar-refractivity contribution in [1.82, 2.24) is 5.32 Å². The fourth-order valence-electron chi connectivity index (χ4n) is 4.96. The minimum Gasteiger partial charge on any atom is -0.371 e. The van der Waals surface area contributed by atoms with Crippen LogP contribution in [0.15, 0.2) is 48.5 Å². The van der Waals surface area contributed by atoms with Crippen LogP contribution in [0, 0.1) is 17.1 Å². The van der Waals surface area contributed by atoms with Gasteiger partial charge in [-0.05, 0) is 50.5 Å². The Bertz CT molecular complexity index is 1140. The molecule has 36 heavy (non-hydrogen) atoms. The van der Waals surface area contributed by atoms with E-state index in [1.165, 1.54) is 6.07 Å². The molecule has 7 nitrogen and oxygen atoms in total. The second kappa shape index (κ2) is 9.91. The molecule has 3 aliphatic rings. The number of nitrogens with one attached hydrogen (secondary N) is 1. The SMILES string of the molecule is CC1(C)O[C@@H]2C[C@@](OCc3ccccc3F)(C(=O)NC3CC3)CC(OCc3ccc(C#N)cc3)[C@@H]2O1. The van der Waals surface area contributed by atoms with Crippen LogP contribution in [0.4, 0.5) is 4.39 Å². The highest BCUT2D eigenvalue weighted by molar-refractivity contribution is 5.86. The molecule has 2 aromatic rings. The molecule has 0 bridgehead atoms. The lowest BCUT2D eigenvalue weighted by atomic mass is 9.78. The van der Waals surface area contributed by atoms with Crippen LogP contribution in [-0.2, 0) is 37.0 Å². The molecular weight excluding hydrogens is 463 g/mol. The number of hydrogen-bond acceptors (Lipinski definition) is 6. The maximum atomic E-state index is 14.4. The number of nitrogens with zero attached hydrogens (tertiary/aromatic N) is 1. The third kappa shape index (κ3) is 5.45. The van der Waals surface area contributed by atoms with Gasteiger partial charge in [0.1, 0.15) is 11.9 Å². The van der Waals surface area contributed by atoms with Crippen molar-refractivity contribution in [2.45, 2.75) is 88.5 Å². The zero-order chi connectivity index (χ0) is 25.3. The quantitative estimate of drug-likeness (QED) is 0.594. The van der Waals surface area contributed by atoms with Crippen LogP contribution in [-0.4, -0.2) is 41.6 Å². The fraction of sp³-hybridized carbons (Fsp3) is 0.500. The number of carbonyl (C=O) groups excluding carboxylic acids is 1. The monoisotopic (exact) mass is 494 g/mol. The summed E-state index contributed by atoms with van der Waals surface area (Å²) >= 11 is 0. The van der Waals surface area contributed by atoms with Crippen LogP contribution < -0.4 is 5.32 Å². The molecule has 2 saturated carbocycles. The zero-order valence-corrected chi connectivity index (χ0v) is 20.5. The van der Waals surface area contributed by atoms with E-state index in [9.17, 15) is 9.18 Å². The molecule has 1 unspecified atom stereocenters. The second-order valence-electron chi connectivity index (χ2n) is 10.3.